The number of rotatable bonds is 0. The van der Waals surface area contributed by atoms with Gasteiger partial charge < -0.3 is 18.0 Å². The number of para-hydroxylation sites is 5. The van der Waals surface area contributed by atoms with Gasteiger partial charge in [0.05, 0.1) is 38.9 Å². The summed E-state index contributed by atoms with van der Waals surface area (Å²) in [4.78, 5) is 16.4. The highest BCUT2D eigenvalue weighted by molar-refractivity contribution is 7.18. The van der Waals surface area contributed by atoms with Crippen LogP contribution >= 0.6 is 11.3 Å². The first-order chi connectivity index (χ1) is 23.3. The lowest BCUT2D eigenvalue weighted by atomic mass is 10.3. The summed E-state index contributed by atoms with van der Waals surface area (Å²) in [6.07, 6.45) is 12.2. The van der Waals surface area contributed by atoms with E-state index in [-0.39, 0.29) is 0 Å². The van der Waals surface area contributed by atoms with Crippen LogP contribution in [0.5, 0.6) is 0 Å². The van der Waals surface area contributed by atoms with Crippen LogP contribution in [0.1, 0.15) is 16.8 Å². The Balaban J connectivity index is 0.000000132. The van der Waals surface area contributed by atoms with E-state index in [1.54, 1.807) is 41.7 Å². The van der Waals surface area contributed by atoms with Gasteiger partial charge in [0.25, 0.3) is 0 Å². The second-order valence-corrected chi connectivity index (χ2v) is 11.3. The molecule has 0 N–H and O–H groups in total. The van der Waals surface area contributed by atoms with Gasteiger partial charge in [-0.2, -0.15) is 5.10 Å². The number of imidazole rings is 2. The number of hydrogen-bond acceptors (Lipinski definition) is 10. The monoisotopic (exact) mass is 662 g/mol. The van der Waals surface area contributed by atoms with Gasteiger partial charge in [-0.1, -0.05) is 36.4 Å². The number of oxazole rings is 1. The predicted octanol–water partition coefficient (Wildman–Crippen LogP) is 7.53. The van der Waals surface area contributed by atoms with Crippen molar-refractivity contribution in [2.45, 2.75) is 20.8 Å². The molecule has 0 aliphatic heterocycles. The Kier molecular flexibility index (Phi) is 13.3. The van der Waals surface area contributed by atoms with E-state index >= 15 is 0 Å². The zero-order valence-corrected chi connectivity index (χ0v) is 28.6. The summed E-state index contributed by atoms with van der Waals surface area (Å²) in [5.41, 5.74) is 5.15. The third-order valence-electron chi connectivity index (χ3n) is 6.18. The second kappa shape index (κ2) is 18.3. The molecule has 0 bridgehead atoms. The number of thiazole rings is 1. The third-order valence-corrected chi connectivity index (χ3v) is 7.13. The minimum absolute atomic E-state index is 0.606. The Hall–Kier alpha value is -5.95. The summed E-state index contributed by atoms with van der Waals surface area (Å²) in [7, 11) is 5.82. The summed E-state index contributed by atoms with van der Waals surface area (Å²) < 4.78 is 16.8. The zero-order chi connectivity index (χ0) is 34.1. The lowest BCUT2D eigenvalue weighted by molar-refractivity contribution is 0.518. The number of benzene rings is 3. The van der Waals surface area contributed by atoms with E-state index < -0.39 is 0 Å². The average molecular weight is 663 g/mol. The maximum absolute atomic E-state index is 5.26. The van der Waals surface area contributed by atoms with E-state index in [9.17, 15) is 0 Å². The maximum atomic E-state index is 5.26. The second-order valence-electron chi connectivity index (χ2n) is 10.1. The minimum Gasteiger partial charge on any atom is -0.441 e. The highest BCUT2D eigenvalue weighted by atomic mass is 32.1. The van der Waals surface area contributed by atoms with Crippen molar-refractivity contribution in [2.75, 3.05) is 0 Å². The standard InChI is InChI=1S/C8H8N2.C8H7NO.C8H7NS.2C4H6N2.C3H4N2O/c1-10-6-9-7-4-2-3-5-8(7)10;2*1-6-9-7-4-2-3-5-8(7)10-6;1-6-3-2-5-4-6;1-6-4-2-3-5-6;1-3-5-4-2-6-3/h2-6H,1H3;2*2-5H,1H3;2*2-4H,1H3;2H,1H3. The third kappa shape index (κ3) is 11.4. The van der Waals surface area contributed by atoms with Crippen molar-refractivity contribution in [3.8, 4) is 0 Å². The van der Waals surface area contributed by atoms with Crippen molar-refractivity contribution in [3.63, 3.8) is 0 Å². The van der Waals surface area contributed by atoms with Gasteiger partial charge in [-0.05, 0) is 49.4 Å². The summed E-state index contributed by atoms with van der Waals surface area (Å²) >= 11 is 1.74. The lowest BCUT2D eigenvalue weighted by Gasteiger charge is -1.90. The van der Waals surface area contributed by atoms with Gasteiger partial charge in [-0.25, -0.2) is 19.9 Å². The molecule has 0 saturated heterocycles. The van der Waals surface area contributed by atoms with Gasteiger partial charge in [-0.3, -0.25) is 4.68 Å². The van der Waals surface area contributed by atoms with Crippen LogP contribution in [0.4, 0.5) is 0 Å². The van der Waals surface area contributed by atoms with Gasteiger partial charge in [-0.15, -0.1) is 21.5 Å². The molecular formula is C35H38N10O2S. The molecule has 13 heteroatoms. The predicted molar refractivity (Wildman–Crippen MR) is 189 cm³/mol. The Labute approximate surface area is 282 Å². The van der Waals surface area contributed by atoms with Crippen molar-refractivity contribution in [3.05, 3.63) is 139 Å². The van der Waals surface area contributed by atoms with Crippen LogP contribution in [0.15, 0.2) is 132 Å². The zero-order valence-electron chi connectivity index (χ0n) is 27.7. The SMILES string of the molecule is Cc1nc2ccccc2o1.Cc1nc2ccccc2s1.Cc1nnco1.Cn1cccn1.Cn1ccnc1.Cn1cnc2ccccc21. The molecule has 12 nitrogen and oxygen atoms in total. The van der Waals surface area contributed by atoms with E-state index in [0.29, 0.717) is 5.89 Å². The molecule has 6 heterocycles. The highest BCUT2D eigenvalue weighted by Crippen LogP contribution is 2.20. The molecule has 6 aromatic heterocycles. The van der Waals surface area contributed by atoms with Crippen LogP contribution in [0.3, 0.4) is 0 Å². The first-order valence-electron chi connectivity index (χ1n) is 14.9. The molecule has 48 heavy (non-hydrogen) atoms. The Morgan fingerprint density at radius 1 is 0.688 bits per heavy atom. The van der Waals surface area contributed by atoms with Crippen LogP contribution in [-0.4, -0.2) is 49.0 Å². The molecule has 0 radical (unpaired) electrons. The summed E-state index contributed by atoms with van der Waals surface area (Å²) in [6, 6.07) is 25.9. The summed E-state index contributed by atoms with van der Waals surface area (Å²) in [5, 5.41) is 11.9. The van der Waals surface area contributed by atoms with Crippen molar-refractivity contribution in [2.24, 2.45) is 21.1 Å². The average Bonchev–Trinajstić information content (AvgIpc) is 3.94. The molecule has 0 atom stereocenters. The first kappa shape index (κ1) is 34.9. The van der Waals surface area contributed by atoms with Crippen molar-refractivity contribution in [1.29, 1.82) is 0 Å². The van der Waals surface area contributed by atoms with E-state index in [0.717, 1.165) is 33.0 Å². The maximum Gasteiger partial charge on any atom is 0.213 e. The van der Waals surface area contributed by atoms with E-state index in [1.165, 1.54) is 16.6 Å². The fraction of sp³-hybridized carbons (Fsp3) is 0.171. The fourth-order valence-electron chi connectivity index (χ4n) is 3.96. The number of hydrogen-bond donors (Lipinski definition) is 0. The van der Waals surface area contributed by atoms with Gasteiger partial charge in [0.1, 0.15) is 5.52 Å². The van der Waals surface area contributed by atoms with Gasteiger partial charge >= 0.3 is 0 Å². The van der Waals surface area contributed by atoms with E-state index in [2.05, 4.69) is 51.8 Å². The molecule has 0 spiro atoms. The van der Waals surface area contributed by atoms with E-state index in [4.69, 9.17) is 4.42 Å². The van der Waals surface area contributed by atoms with Crippen molar-refractivity contribution in [1.82, 2.24) is 49.0 Å². The van der Waals surface area contributed by atoms with Crippen LogP contribution in [0.25, 0.3) is 32.3 Å². The summed E-state index contributed by atoms with van der Waals surface area (Å²) in [6.45, 7) is 5.62. The smallest absolute Gasteiger partial charge is 0.213 e. The number of fused-ring (bicyclic) bond motifs is 3. The van der Waals surface area contributed by atoms with Crippen molar-refractivity contribution >= 4 is 43.7 Å². The van der Waals surface area contributed by atoms with Crippen LogP contribution in [-0.2, 0) is 21.1 Å². The Morgan fingerprint density at radius 3 is 1.94 bits per heavy atom. The molecule has 0 aliphatic carbocycles. The Bertz CT molecular complexity index is 1940. The molecule has 3 aromatic carbocycles. The minimum atomic E-state index is 0.606. The normalized spacial score (nSPS) is 9.88. The van der Waals surface area contributed by atoms with Crippen LogP contribution in [0.2, 0.25) is 0 Å². The molecular weight excluding hydrogens is 625 g/mol. The molecule has 0 aliphatic rings. The molecule has 0 fully saturated rings. The highest BCUT2D eigenvalue weighted by Gasteiger charge is 1.98. The first-order valence-corrected chi connectivity index (χ1v) is 15.7. The number of aromatic nitrogens is 10. The quantitative estimate of drug-likeness (QED) is 0.162. The fourth-order valence-corrected chi connectivity index (χ4v) is 4.78. The number of aryl methyl sites for hydroxylation is 6. The summed E-state index contributed by atoms with van der Waals surface area (Å²) in [5.74, 6) is 1.33. The van der Waals surface area contributed by atoms with Gasteiger partial charge in [0, 0.05) is 59.8 Å². The van der Waals surface area contributed by atoms with Gasteiger partial charge in [0.2, 0.25) is 12.3 Å². The Morgan fingerprint density at radius 2 is 1.42 bits per heavy atom. The van der Waals surface area contributed by atoms with Gasteiger partial charge in [0.15, 0.2) is 11.5 Å². The molecule has 0 amide bonds. The van der Waals surface area contributed by atoms with Crippen molar-refractivity contribution < 1.29 is 8.83 Å². The molecule has 9 rings (SSSR count). The molecule has 246 valence electrons. The molecule has 0 unspecified atom stereocenters. The largest absolute Gasteiger partial charge is 0.441 e. The van der Waals surface area contributed by atoms with Crippen LogP contribution in [0, 0.1) is 20.8 Å². The lowest BCUT2D eigenvalue weighted by Crippen LogP contribution is -1.83. The molecule has 0 saturated carbocycles. The molecule has 9 aromatic rings. The topological polar surface area (TPSA) is 131 Å². The van der Waals surface area contributed by atoms with E-state index in [1.807, 2.05) is 130 Å². The number of nitrogens with zero attached hydrogens (tertiary/aromatic N) is 10. The van der Waals surface area contributed by atoms with Crippen LogP contribution < -0.4 is 0 Å².